The first-order valence-corrected chi connectivity index (χ1v) is 6.30. The summed E-state index contributed by atoms with van der Waals surface area (Å²) in [5.41, 5.74) is 5.73. The highest BCUT2D eigenvalue weighted by atomic mass is 16.5. The minimum atomic E-state index is 0.102. The number of hydrogen-bond acceptors (Lipinski definition) is 4. The fraction of sp³-hybridized carbons (Fsp3) is 0.833. The summed E-state index contributed by atoms with van der Waals surface area (Å²) in [4.78, 5) is 4.49. The molecule has 4 atom stereocenters. The van der Waals surface area contributed by atoms with Crippen molar-refractivity contribution in [3.8, 4) is 0 Å². The van der Waals surface area contributed by atoms with Gasteiger partial charge in [0.15, 0.2) is 5.82 Å². The quantitative estimate of drug-likeness (QED) is 0.846. The zero-order chi connectivity index (χ0) is 11.1. The Morgan fingerprint density at radius 2 is 2.31 bits per heavy atom. The molecular weight excluding hydrogens is 202 g/mol. The second-order valence-corrected chi connectivity index (χ2v) is 5.51. The van der Waals surface area contributed by atoms with E-state index in [0.717, 1.165) is 23.6 Å². The normalized spacial score (nSPS) is 34.5. The Labute approximate surface area is 95.6 Å². The molecule has 4 unspecified atom stereocenters. The van der Waals surface area contributed by atoms with Gasteiger partial charge in [-0.1, -0.05) is 11.6 Å². The molecular formula is C12H19N3O. The largest absolute Gasteiger partial charge is 0.339 e. The summed E-state index contributed by atoms with van der Waals surface area (Å²) in [5, 5.41) is 4.02. The molecule has 0 saturated heterocycles. The van der Waals surface area contributed by atoms with Gasteiger partial charge in [0.25, 0.3) is 0 Å². The number of aromatic nitrogens is 2. The van der Waals surface area contributed by atoms with E-state index in [1.54, 1.807) is 0 Å². The van der Waals surface area contributed by atoms with Gasteiger partial charge in [-0.15, -0.1) is 0 Å². The molecule has 16 heavy (non-hydrogen) atoms. The van der Waals surface area contributed by atoms with Crippen molar-refractivity contribution in [3.63, 3.8) is 0 Å². The number of nitrogens with two attached hydrogens (primary N) is 1. The lowest BCUT2D eigenvalue weighted by Gasteiger charge is -2.17. The van der Waals surface area contributed by atoms with E-state index in [9.17, 15) is 0 Å². The maximum atomic E-state index is 5.73. The summed E-state index contributed by atoms with van der Waals surface area (Å²) in [5.74, 6) is 3.89. The first-order chi connectivity index (χ1) is 7.72. The topological polar surface area (TPSA) is 64.9 Å². The highest BCUT2D eigenvalue weighted by Gasteiger charge is 2.42. The Kier molecular flexibility index (Phi) is 2.46. The maximum Gasteiger partial charge on any atom is 0.230 e. The van der Waals surface area contributed by atoms with Crippen LogP contribution < -0.4 is 5.73 Å². The molecule has 0 spiro atoms. The van der Waals surface area contributed by atoms with Crippen LogP contribution in [0, 0.1) is 11.8 Å². The molecule has 2 bridgehead atoms. The lowest BCUT2D eigenvalue weighted by Crippen LogP contribution is -2.18. The summed E-state index contributed by atoms with van der Waals surface area (Å²) >= 11 is 0. The van der Waals surface area contributed by atoms with Crippen molar-refractivity contribution in [3.05, 3.63) is 11.7 Å². The fourth-order valence-corrected chi connectivity index (χ4v) is 3.34. The third-order valence-corrected chi connectivity index (χ3v) is 4.04. The molecule has 3 rings (SSSR count). The van der Waals surface area contributed by atoms with Crippen LogP contribution in [0.4, 0.5) is 0 Å². The van der Waals surface area contributed by atoms with E-state index >= 15 is 0 Å². The molecule has 4 heteroatoms. The Hall–Kier alpha value is -0.900. The SMILES string of the molecule is CC(N)Cc1noc(C2CC3CCC2C3)n1. The van der Waals surface area contributed by atoms with Crippen LogP contribution in [0.1, 0.15) is 50.2 Å². The van der Waals surface area contributed by atoms with E-state index in [2.05, 4.69) is 10.1 Å². The van der Waals surface area contributed by atoms with Crippen LogP contribution in [-0.2, 0) is 6.42 Å². The molecule has 1 heterocycles. The minimum Gasteiger partial charge on any atom is -0.339 e. The number of rotatable bonds is 3. The van der Waals surface area contributed by atoms with Gasteiger partial charge in [0.2, 0.25) is 5.89 Å². The van der Waals surface area contributed by atoms with E-state index in [1.807, 2.05) is 6.92 Å². The first-order valence-electron chi connectivity index (χ1n) is 6.30. The van der Waals surface area contributed by atoms with E-state index in [-0.39, 0.29) is 6.04 Å². The van der Waals surface area contributed by atoms with Crippen LogP contribution >= 0.6 is 0 Å². The van der Waals surface area contributed by atoms with Gasteiger partial charge in [-0.3, -0.25) is 0 Å². The molecule has 4 nitrogen and oxygen atoms in total. The third kappa shape index (κ3) is 1.75. The van der Waals surface area contributed by atoms with Crippen LogP contribution in [-0.4, -0.2) is 16.2 Å². The van der Waals surface area contributed by atoms with Crippen LogP contribution in [0.25, 0.3) is 0 Å². The summed E-state index contributed by atoms with van der Waals surface area (Å²) < 4.78 is 5.39. The minimum absolute atomic E-state index is 0.102. The molecule has 2 fully saturated rings. The zero-order valence-corrected chi connectivity index (χ0v) is 9.72. The Morgan fingerprint density at radius 3 is 2.94 bits per heavy atom. The predicted octanol–water partition coefficient (Wildman–Crippen LogP) is 1.86. The number of fused-ring (bicyclic) bond motifs is 2. The molecule has 88 valence electrons. The van der Waals surface area contributed by atoms with Crippen LogP contribution in [0.15, 0.2) is 4.52 Å². The van der Waals surface area contributed by atoms with Gasteiger partial charge in [-0.05, 0) is 38.0 Å². The third-order valence-electron chi connectivity index (χ3n) is 4.04. The van der Waals surface area contributed by atoms with Gasteiger partial charge in [0.05, 0.1) is 0 Å². The average Bonchev–Trinajstić information content (AvgIpc) is 2.89. The first kappa shape index (κ1) is 10.3. The van der Waals surface area contributed by atoms with Crippen molar-refractivity contribution in [1.82, 2.24) is 10.1 Å². The molecule has 0 radical (unpaired) electrons. The van der Waals surface area contributed by atoms with Gasteiger partial charge in [-0.2, -0.15) is 4.98 Å². The van der Waals surface area contributed by atoms with Crippen molar-refractivity contribution in [2.75, 3.05) is 0 Å². The zero-order valence-electron chi connectivity index (χ0n) is 9.72. The lowest BCUT2D eigenvalue weighted by molar-refractivity contribution is 0.300. The lowest BCUT2D eigenvalue weighted by atomic mass is 9.89. The van der Waals surface area contributed by atoms with Crippen molar-refractivity contribution < 1.29 is 4.52 Å². The molecule has 2 saturated carbocycles. The van der Waals surface area contributed by atoms with Crippen LogP contribution in [0.3, 0.4) is 0 Å². The summed E-state index contributed by atoms with van der Waals surface area (Å²) in [6.45, 7) is 1.97. The summed E-state index contributed by atoms with van der Waals surface area (Å²) in [6.07, 6.45) is 6.09. The van der Waals surface area contributed by atoms with Crippen molar-refractivity contribution in [2.24, 2.45) is 17.6 Å². The van der Waals surface area contributed by atoms with Gasteiger partial charge in [0.1, 0.15) is 0 Å². The Balaban J connectivity index is 1.73. The van der Waals surface area contributed by atoms with E-state index in [4.69, 9.17) is 10.3 Å². The second-order valence-electron chi connectivity index (χ2n) is 5.51. The molecule has 0 amide bonds. The van der Waals surface area contributed by atoms with Gasteiger partial charge in [-0.25, -0.2) is 0 Å². The highest BCUT2D eigenvalue weighted by Crippen LogP contribution is 2.52. The maximum absolute atomic E-state index is 5.73. The highest BCUT2D eigenvalue weighted by molar-refractivity contribution is 5.05. The molecule has 2 N–H and O–H groups in total. The van der Waals surface area contributed by atoms with E-state index in [1.165, 1.54) is 25.7 Å². The van der Waals surface area contributed by atoms with Crippen LogP contribution in [0.5, 0.6) is 0 Å². The Morgan fingerprint density at radius 1 is 1.44 bits per heavy atom. The van der Waals surface area contributed by atoms with Gasteiger partial charge in [0, 0.05) is 18.4 Å². The summed E-state index contributed by atoms with van der Waals surface area (Å²) in [6, 6.07) is 0.102. The fourth-order valence-electron chi connectivity index (χ4n) is 3.34. The van der Waals surface area contributed by atoms with Gasteiger partial charge < -0.3 is 10.3 Å². The smallest absolute Gasteiger partial charge is 0.230 e. The molecule has 2 aliphatic rings. The molecule has 2 aliphatic carbocycles. The molecule has 1 aromatic heterocycles. The van der Waals surface area contributed by atoms with Crippen molar-refractivity contribution in [2.45, 2.75) is 51.0 Å². The molecule has 0 aliphatic heterocycles. The monoisotopic (exact) mass is 221 g/mol. The Bertz CT molecular complexity index is 374. The van der Waals surface area contributed by atoms with E-state index in [0.29, 0.717) is 12.3 Å². The predicted molar refractivity (Wildman–Crippen MR) is 59.8 cm³/mol. The van der Waals surface area contributed by atoms with Crippen molar-refractivity contribution in [1.29, 1.82) is 0 Å². The van der Waals surface area contributed by atoms with Crippen molar-refractivity contribution >= 4 is 0 Å². The number of nitrogens with zero attached hydrogens (tertiary/aromatic N) is 2. The standard InChI is InChI=1S/C12H19N3O/c1-7(13)4-11-14-12(16-15-11)10-6-8-2-3-9(10)5-8/h7-10H,2-6,13H2,1H3. The van der Waals surface area contributed by atoms with Gasteiger partial charge >= 0.3 is 0 Å². The second kappa shape index (κ2) is 3.84. The molecule has 1 aromatic rings. The van der Waals surface area contributed by atoms with Crippen LogP contribution in [0.2, 0.25) is 0 Å². The molecule has 0 aromatic carbocycles. The summed E-state index contributed by atoms with van der Waals surface area (Å²) in [7, 11) is 0. The average molecular weight is 221 g/mol. The number of hydrogen-bond donors (Lipinski definition) is 1. The van der Waals surface area contributed by atoms with E-state index < -0.39 is 0 Å².